The van der Waals surface area contributed by atoms with Crippen LogP contribution in [0.1, 0.15) is 28.5 Å². The van der Waals surface area contributed by atoms with E-state index >= 15 is 0 Å². The molecule has 0 spiro atoms. The molecule has 162 valence electrons. The van der Waals surface area contributed by atoms with Gasteiger partial charge in [-0.2, -0.15) is 0 Å². The van der Waals surface area contributed by atoms with E-state index in [0.29, 0.717) is 27.3 Å². The van der Waals surface area contributed by atoms with Crippen LogP contribution < -0.4 is 0 Å². The number of aromatic nitrogens is 1. The summed E-state index contributed by atoms with van der Waals surface area (Å²) < 4.78 is 1.97. The number of aliphatic imine (C=N–C) groups is 1. The highest BCUT2D eigenvalue weighted by Gasteiger charge is 2.32. The molecule has 0 radical (unpaired) electrons. The maximum absolute atomic E-state index is 13.0. The van der Waals surface area contributed by atoms with E-state index in [2.05, 4.69) is 4.99 Å². The number of carboxylic acids is 1. The smallest absolute Gasteiger partial charge is 0.335 e. The van der Waals surface area contributed by atoms with Crippen LogP contribution in [0.5, 0.6) is 0 Å². The van der Waals surface area contributed by atoms with Crippen LogP contribution in [0.4, 0.5) is 5.69 Å². The van der Waals surface area contributed by atoms with E-state index < -0.39 is 5.97 Å². The predicted octanol–water partition coefficient (Wildman–Crippen LogP) is 5.76. The lowest BCUT2D eigenvalue weighted by molar-refractivity contribution is -0.122. The normalized spacial score (nSPS) is 16.3. The van der Waals surface area contributed by atoms with Crippen LogP contribution in [-0.2, 0) is 4.79 Å². The van der Waals surface area contributed by atoms with Gasteiger partial charge in [0.15, 0.2) is 5.17 Å². The number of thioether (sulfide) groups is 1. The zero-order chi connectivity index (χ0) is 22.8. The summed E-state index contributed by atoms with van der Waals surface area (Å²) in [6.45, 7) is 4.28. The van der Waals surface area contributed by atoms with Crippen molar-refractivity contribution in [2.75, 3.05) is 6.54 Å². The molecule has 1 fully saturated rings. The lowest BCUT2D eigenvalue weighted by atomic mass is 10.2. The number of hydrogen-bond acceptors (Lipinski definition) is 4. The number of amides is 1. The second kappa shape index (κ2) is 9.06. The first-order valence-electron chi connectivity index (χ1n) is 9.94. The van der Waals surface area contributed by atoms with Crippen LogP contribution in [0.3, 0.4) is 0 Å². The summed E-state index contributed by atoms with van der Waals surface area (Å²) >= 11 is 7.56. The monoisotopic (exact) mass is 465 g/mol. The van der Waals surface area contributed by atoms with Crippen molar-refractivity contribution in [2.45, 2.75) is 13.8 Å². The van der Waals surface area contributed by atoms with Crippen molar-refractivity contribution in [3.63, 3.8) is 0 Å². The first-order chi connectivity index (χ1) is 15.4. The number of carboxylic acid groups (broad SMARTS) is 1. The Morgan fingerprint density at radius 3 is 2.72 bits per heavy atom. The first kappa shape index (κ1) is 21.9. The van der Waals surface area contributed by atoms with Gasteiger partial charge < -0.3 is 9.67 Å². The Morgan fingerprint density at radius 1 is 1.19 bits per heavy atom. The largest absolute Gasteiger partial charge is 0.478 e. The number of aryl methyl sites for hydroxylation is 1. The summed E-state index contributed by atoms with van der Waals surface area (Å²) in [4.78, 5) is 30.9. The maximum atomic E-state index is 13.0. The van der Waals surface area contributed by atoms with Gasteiger partial charge in [0.2, 0.25) is 0 Å². The molecular weight excluding hydrogens is 446 g/mol. The Hall–Kier alpha value is -3.29. The van der Waals surface area contributed by atoms with Gasteiger partial charge in [-0.3, -0.25) is 9.69 Å². The first-order valence-corrected chi connectivity index (χ1v) is 11.1. The van der Waals surface area contributed by atoms with Crippen LogP contribution >= 0.6 is 23.4 Å². The van der Waals surface area contributed by atoms with Crippen molar-refractivity contribution in [2.24, 2.45) is 4.99 Å². The Bertz CT molecular complexity index is 1280. The summed E-state index contributed by atoms with van der Waals surface area (Å²) in [5.74, 6) is -1.16. The Kier molecular flexibility index (Phi) is 6.21. The van der Waals surface area contributed by atoms with Gasteiger partial charge in [-0.05, 0) is 79.7 Å². The van der Waals surface area contributed by atoms with Crippen molar-refractivity contribution in [3.05, 3.63) is 87.5 Å². The average molecular weight is 466 g/mol. The summed E-state index contributed by atoms with van der Waals surface area (Å²) in [6, 6.07) is 16.0. The molecule has 4 rings (SSSR count). The topological polar surface area (TPSA) is 74.9 Å². The minimum absolute atomic E-state index is 0.139. The summed E-state index contributed by atoms with van der Waals surface area (Å²) in [7, 11) is 0. The molecule has 1 aliphatic heterocycles. The molecule has 1 saturated heterocycles. The van der Waals surface area contributed by atoms with Crippen molar-refractivity contribution in [1.29, 1.82) is 0 Å². The van der Waals surface area contributed by atoms with Gasteiger partial charge >= 0.3 is 5.97 Å². The molecule has 0 unspecified atom stereocenters. The number of likely N-dealkylation sites (N-methyl/N-ethyl adjacent to an activating group) is 1. The zero-order valence-corrected chi connectivity index (χ0v) is 19.0. The van der Waals surface area contributed by atoms with Crippen molar-refractivity contribution in [3.8, 4) is 5.69 Å². The lowest BCUT2D eigenvalue weighted by Crippen LogP contribution is -2.28. The molecular formula is C24H20ClN3O3S. The van der Waals surface area contributed by atoms with E-state index in [4.69, 9.17) is 11.6 Å². The summed E-state index contributed by atoms with van der Waals surface area (Å²) in [5.41, 5.74) is 3.37. The second-order valence-electron chi connectivity index (χ2n) is 7.15. The van der Waals surface area contributed by atoms with Gasteiger partial charge in [-0.25, -0.2) is 9.79 Å². The molecule has 32 heavy (non-hydrogen) atoms. The molecule has 1 aromatic heterocycles. The van der Waals surface area contributed by atoms with Gasteiger partial charge in [0.05, 0.1) is 16.2 Å². The summed E-state index contributed by atoms with van der Waals surface area (Å²) in [5, 5.41) is 10.4. The number of hydrogen-bond donors (Lipinski definition) is 1. The fourth-order valence-electron chi connectivity index (χ4n) is 3.30. The molecule has 0 saturated carbocycles. The van der Waals surface area contributed by atoms with E-state index in [1.807, 2.05) is 61.0 Å². The van der Waals surface area contributed by atoms with E-state index in [-0.39, 0.29) is 11.5 Å². The van der Waals surface area contributed by atoms with Crippen molar-refractivity contribution >= 4 is 52.2 Å². The van der Waals surface area contributed by atoms with Gasteiger partial charge in [0.25, 0.3) is 5.91 Å². The highest BCUT2D eigenvalue weighted by atomic mass is 35.5. The fourth-order valence-corrected chi connectivity index (χ4v) is 4.52. The van der Waals surface area contributed by atoms with Gasteiger partial charge in [0.1, 0.15) is 0 Å². The second-order valence-corrected chi connectivity index (χ2v) is 8.56. The number of rotatable bonds is 5. The number of aromatic carboxylic acids is 1. The Morgan fingerprint density at radius 2 is 2.00 bits per heavy atom. The molecule has 2 heterocycles. The van der Waals surface area contributed by atoms with Gasteiger partial charge in [0, 0.05) is 29.1 Å². The third kappa shape index (κ3) is 4.35. The number of benzene rings is 2. The average Bonchev–Trinajstić information content (AvgIpc) is 3.35. The number of nitrogens with zero attached hydrogens (tertiary/aromatic N) is 3. The molecule has 1 N–H and O–H groups in total. The Balaban J connectivity index is 1.68. The molecule has 8 heteroatoms. The third-order valence-electron chi connectivity index (χ3n) is 5.02. The van der Waals surface area contributed by atoms with Gasteiger partial charge in [-0.15, -0.1) is 0 Å². The van der Waals surface area contributed by atoms with Gasteiger partial charge in [-0.1, -0.05) is 23.7 Å². The molecule has 3 aromatic rings. The number of amidine groups is 1. The molecule has 1 aliphatic rings. The van der Waals surface area contributed by atoms with E-state index in [1.54, 1.807) is 17.0 Å². The fraction of sp³-hybridized carbons (Fsp3) is 0.125. The quantitative estimate of drug-likeness (QED) is 0.486. The standard InChI is InChI=1S/C24H20ClN3O3S/c1-3-27-22(29)21(32-24(27)26-17-7-4-6-16(12-17)23(30)31)14-18-8-5-11-28(18)19-10-9-15(2)20(25)13-19/h4-14H,3H2,1-2H3,(H,30,31)/b21-14-,26-24?. The van der Waals surface area contributed by atoms with Crippen LogP contribution in [-0.4, -0.2) is 38.2 Å². The highest BCUT2D eigenvalue weighted by Crippen LogP contribution is 2.34. The molecule has 0 bridgehead atoms. The lowest BCUT2D eigenvalue weighted by Gasteiger charge is -2.12. The van der Waals surface area contributed by atoms with Crippen LogP contribution in [0.2, 0.25) is 5.02 Å². The van der Waals surface area contributed by atoms with Crippen molar-refractivity contribution in [1.82, 2.24) is 9.47 Å². The minimum Gasteiger partial charge on any atom is -0.478 e. The number of carbonyl (C=O) groups is 2. The molecule has 1 amide bonds. The van der Waals surface area contributed by atoms with E-state index in [1.165, 1.54) is 23.9 Å². The minimum atomic E-state index is -1.02. The number of halogens is 1. The highest BCUT2D eigenvalue weighted by molar-refractivity contribution is 8.18. The maximum Gasteiger partial charge on any atom is 0.335 e. The van der Waals surface area contributed by atoms with Crippen molar-refractivity contribution < 1.29 is 14.7 Å². The predicted molar refractivity (Wildman–Crippen MR) is 129 cm³/mol. The SMILES string of the molecule is CCN1C(=O)/C(=C/c2cccn2-c2ccc(C)c(Cl)c2)SC1=Nc1cccc(C(=O)O)c1. The third-order valence-corrected chi connectivity index (χ3v) is 6.43. The molecule has 0 aliphatic carbocycles. The van der Waals surface area contributed by atoms with Crippen LogP contribution in [0.15, 0.2) is 70.7 Å². The number of carbonyl (C=O) groups excluding carboxylic acids is 1. The zero-order valence-electron chi connectivity index (χ0n) is 17.4. The van der Waals surface area contributed by atoms with Crippen LogP contribution in [0.25, 0.3) is 11.8 Å². The molecule has 2 aromatic carbocycles. The van der Waals surface area contributed by atoms with E-state index in [0.717, 1.165) is 16.9 Å². The summed E-state index contributed by atoms with van der Waals surface area (Å²) in [6.07, 6.45) is 3.75. The van der Waals surface area contributed by atoms with E-state index in [9.17, 15) is 14.7 Å². The Labute approximate surface area is 194 Å². The van der Waals surface area contributed by atoms with Crippen LogP contribution in [0, 0.1) is 6.92 Å². The molecule has 6 nitrogen and oxygen atoms in total. The molecule has 0 atom stereocenters.